The number of amides is 1. The summed E-state index contributed by atoms with van der Waals surface area (Å²) < 4.78 is 29.7. The van der Waals surface area contributed by atoms with Crippen LogP contribution in [0.4, 0.5) is 0 Å². The molecule has 14 atom stereocenters. The van der Waals surface area contributed by atoms with Gasteiger partial charge in [-0.15, -0.1) is 6.58 Å². The molecule has 322 valence electrons. The van der Waals surface area contributed by atoms with E-state index in [9.17, 15) is 34.5 Å². The van der Waals surface area contributed by atoms with Crippen LogP contribution >= 0.6 is 0 Å². The van der Waals surface area contributed by atoms with Crippen LogP contribution in [0.25, 0.3) is 0 Å². The Bertz CT molecular complexity index is 1480. The van der Waals surface area contributed by atoms with E-state index in [1.807, 2.05) is 32.9 Å². The first-order valence-electron chi connectivity index (χ1n) is 20.9. The Morgan fingerprint density at radius 1 is 0.930 bits per heavy atom. The Kier molecular flexibility index (Phi) is 17.2. The van der Waals surface area contributed by atoms with Crippen molar-refractivity contribution in [1.82, 2.24) is 4.90 Å². The summed E-state index contributed by atoms with van der Waals surface area (Å²) in [6.45, 7) is 13.1. The van der Waals surface area contributed by atoms with Gasteiger partial charge in [-0.2, -0.15) is 0 Å². The van der Waals surface area contributed by atoms with E-state index < -0.39 is 83.9 Å². The first-order chi connectivity index (χ1) is 27.0. The molecule has 4 rings (SSSR count). The quantitative estimate of drug-likeness (QED) is 0.185. The fourth-order valence-corrected chi connectivity index (χ4v) is 9.42. The number of carbonyl (C=O) groups is 4. The van der Waals surface area contributed by atoms with Crippen LogP contribution in [-0.2, 0) is 42.9 Å². The van der Waals surface area contributed by atoms with Gasteiger partial charge in [0.25, 0.3) is 11.7 Å². The smallest absolute Gasteiger partial charge is 0.329 e. The number of methoxy groups -OCH3 is 3. The summed E-state index contributed by atoms with van der Waals surface area (Å²) in [4.78, 5) is 57.8. The molecule has 2 bridgehead atoms. The second-order valence-electron chi connectivity index (χ2n) is 17.3. The van der Waals surface area contributed by atoms with Crippen molar-refractivity contribution in [3.8, 4) is 0 Å². The average Bonchev–Trinajstić information content (AvgIpc) is 3.18. The van der Waals surface area contributed by atoms with E-state index in [1.54, 1.807) is 27.0 Å². The van der Waals surface area contributed by atoms with Crippen LogP contribution in [0.2, 0.25) is 0 Å². The van der Waals surface area contributed by atoms with Gasteiger partial charge in [0.1, 0.15) is 24.0 Å². The van der Waals surface area contributed by atoms with Gasteiger partial charge in [0.2, 0.25) is 5.79 Å². The highest BCUT2D eigenvalue weighted by Crippen LogP contribution is 2.39. The normalized spacial score (nSPS) is 41.0. The number of hydrogen-bond donors (Lipinski definition) is 3. The van der Waals surface area contributed by atoms with Gasteiger partial charge in [-0.3, -0.25) is 14.4 Å². The molecule has 0 aromatic heterocycles. The average molecular weight is 804 g/mol. The lowest BCUT2D eigenvalue weighted by Crippen LogP contribution is -2.64. The van der Waals surface area contributed by atoms with Crippen LogP contribution < -0.4 is 0 Å². The second-order valence-corrected chi connectivity index (χ2v) is 17.3. The number of nitrogens with zero attached hydrogens (tertiary/aromatic N) is 1. The molecule has 13 heteroatoms. The van der Waals surface area contributed by atoms with E-state index >= 15 is 0 Å². The monoisotopic (exact) mass is 803 g/mol. The highest BCUT2D eigenvalue weighted by atomic mass is 16.7. The van der Waals surface area contributed by atoms with Crippen molar-refractivity contribution in [2.45, 2.75) is 160 Å². The number of allylic oxidation sites excluding steroid dienone is 4. The van der Waals surface area contributed by atoms with Gasteiger partial charge < -0.3 is 43.9 Å². The molecule has 0 radical (unpaired) electrons. The molecule has 57 heavy (non-hydrogen) atoms. The number of fused-ring (bicyclic) bond motifs is 3. The first kappa shape index (κ1) is 46.9. The third kappa shape index (κ3) is 11.3. The van der Waals surface area contributed by atoms with E-state index in [0.29, 0.717) is 56.9 Å². The number of esters is 1. The van der Waals surface area contributed by atoms with Gasteiger partial charge in [0, 0.05) is 52.0 Å². The molecule has 3 heterocycles. The maximum atomic E-state index is 14.3. The number of hydrogen-bond acceptors (Lipinski definition) is 12. The molecule has 1 amide bonds. The zero-order chi connectivity index (χ0) is 42.2. The molecule has 4 aliphatic rings. The summed E-state index contributed by atoms with van der Waals surface area (Å²) in [6, 6.07) is -1.14. The third-order valence-electron chi connectivity index (χ3n) is 12.9. The Morgan fingerprint density at radius 3 is 2.25 bits per heavy atom. The van der Waals surface area contributed by atoms with Gasteiger partial charge in [0.05, 0.1) is 30.5 Å². The third-order valence-corrected chi connectivity index (χ3v) is 12.9. The maximum absolute atomic E-state index is 14.3. The molecule has 3 fully saturated rings. The number of piperidine rings is 1. The summed E-state index contributed by atoms with van der Waals surface area (Å²) in [6.07, 6.45) is 4.93. The van der Waals surface area contributed by atoms with Crippen molar-refractivity contribution in [1.29, 1.82) is 0 Å². The lowest BCUT2D eigenvalue weighted by molar-refractivity contribution is -0.302. The van der Waals surface area contributed by atoms with E-state index in [0.717, 1.165) is 5.57 Å². The molecule has 3 N–H and O–H groups in total. The van der Waals surface area contributed by atoms with E-state index in [2.05, 4.69) is 6.58 Å². The molecule has 1 saturated carbocycles. The summed E-state index contributed by atoms with van der Waals surface area (Å²) >= 11 is 0. The van der Waals surface area contributed by atoms with Crippen molar-refractivity contribution in [3.63, 3.8) is 0 Å². The lowest BCUT2D eigenvalue weighted by Gasteiger charge is -2.47. The molecule has 0 unspecified atom stereocenters. The van der Waals surface area contributed by atoms with Crippen LogP contribution in [0.15, 0.2) is 36.0 Å². The van der Waals surface area contributed by atoms with E-state index in [4.69, 9.17) is 23.7 Å². The SMILES string of the molecule is C=CC[C@@H]1/C=C(\C)C[C@@H](C)C[C@H](OC)[C@H]2O[C@@](O)(C(=O)C(=O)N3CCCC[C@H]3C(=O)O[C@H](/C(C)=C/[C@@H]3CC[C@@H](O)[C@H](OC)C3)[C@H](C)[C@@H](O)CC1=O)[C@H](C)C[C@@H]2OC. The zero-order valence-electron chi connectivity index (χ0n) is 35.4. The van der Waals surface area contributed by atoms with Crippen LogP contribution in [0, 0.1) is 29.6 Å². The van der Waals surface area contributed by atoms with Gasteiger partial charge in [0.15, 0.2) is 0 Å². The number of rotatable bonds is 7. The molecule has 0 spiro atoms. The molecule has 0 aromatic rings. The molecule has 0 aromatic carbocycles. The van der Waals surface area contributed by atoms with Crippen molar-refractivity contribution in [2.24, 2.45) is 29.6 Å². The topological polar surface area (TPSA) is 178 Å². The largest absolute Gasteiger partial charge is 0.456 e. The zero-order valence-corrected chi connectivity index (χ0v) is 35.4. The van der Waals surface area contributed by atoms with Crippen molar-refractivity contribution < 1.29 is 58.2 Å². The van der Waals surface area contributed by atoms with Crippen LogP contribution in [0.5, 0.6) is 0 Å². The van der Waals surface area contributed by atoms with Crippen LogP contribution in [0.3, 0.4) is 0 Å². The van der Waals surface area contributed by atoms with Gasteiger partial charge >= 0.3 is 5.97 Å². The Morgan fingerprint density at radius 2 is 1.60 bits per heavy atom. The molecule has 3 aliphatic heterocycles. The van der Waals surface area contributed by atoms with E-state index in [-0.39, 0.29) is 49.5 Å². The fraction of sp³-hybridized carbons (Fsp3) is 0.773. The van der Waals surface area contributed by atoms with Crippen LogP contribution in [-0.4, -0.2) is 126 Å². The first-order valence-corrected chi connectivity index (χ1v) is 20.9. The minimum Gasteiger partial charge on any atom is -0.456 e. The Balaban J connectivity index is 1.78. The number of Topliss-reactive ketones (excluding diaryl/α,β-unsaturated/α-hetero) is 2. The number of aliphatic hydroxyl groups is 3. The summed E-state index contributed by atoms with van der Waals surface area (Å²) in [5.74, 6) is -7.76. The maximum Gasteiger partial charge on any atom is 0.329 e. The number of ketones is 2. The highest BCUT2D eigenvalue weighted by molar-refractivity contribution is 6.39. The van der Waals surface area contributed by atoms with Gasteiger partial charge in [-0.25, -0.2) is 4.79 Å². The molecule has 2 saturated heterocycles. The number of carbonyl (C=O) groups excluding carboxylic acids is 4. The Labute approximate surface area is 339 Å². The predicted octanol–water partition coefficient (Wildman–Crippen LogP) is 4.64. The minimum absolute atomic E-state index is 0.00988. The second kappa shape index (κ2) is 21.0. The molecular weight excluding hydrogens is 734 g/mol. The van der Waals surface area contributed by atoms with Gasteiger partial charge in [-0.1, -0.05) is 44.6 Å². The van der Waals surface area contributed by atoms with Crippen molar-refractivity contribution in [2.75, 3.05) is 27.9 Å². The summed E-state index contributed by atoms with van der Waals surface area (Å²) in [7, 11) is 4.61. The highest BCUT2D eigenvalue weighted by Gasteiger charge is 2.56. The molecule has 13 nitrogen and oxygen atoms in total. The number of aliphatic hydroxyl groups excluding tert-OH is 2. The minimum atomic E-state index is -2.51. The summed E-state index contributed by atoms with van der Waals surface area (Å²) in [5.41, 5.74) is 1.61. The molecular formula is C44H69NO12. The number of cyclic esters (lactones) is 1. The Hall–Kier alpha value is -2.78. The lowest BCUT2D eigenvalue weighted by atomic mass is 9.81. The predicted molar refractivity (Wildman–Crippen MR) is 213 cm³/mol. The fourth-order valence-electron chi connectivity index (χ4n) is 9.42. The number of ether oxygens (including phenoxy) is 5. The summed E-state index contributed by atoms with van der Waals surface area (Å²) in [5, 5.41) is 34.1. The van der Waals surface area contributed by atoms with Crippen molar-refractivity contribution >= 4 is 23.4 Å². The standard InChI is InChI=1S/C44H69NO12/c1-10-13-31-19-25(2)18-26(3)20-37(54-8)40-38(55-9)22-28(5)44(52,57-40)41(49)42(50)45-17-12-11-14-32(45)43(51)56-39(29(6)34(47)24-35(31)48)27(4)21-30-15-16-33(46)36(23-30)53-7/h10,19,21,26,28-34,36-40,46-47,52H,1,11-18,20,22-24H2,2-9H3/b25-19+,27-21+/t26-,28-,29-,30+,31-,32+,33-,34+,36-,37+,38+,39-,40-,44-/m1/s1. The van der Waals surface area contributed by atoms with Crippen molar-refractivity contribution in [3.05, 3.63) is 36.0 Å². The van der Waals surface area contributed by atoms with E-state index in [1.165, 1.54) is 19.1 Å². The molecule has 1 aliphatic carbocycles. The van der Waals surface area contributed by atoms with Gasteiger partial charge in [-0.05, 0) is 95.5 Å². The van der Waals surface area contributed by atoms with Crippen LogP contribution in [0.1, 0.15) is 105 Å².